The van der Waals surface area contributed by atoms with Crippen molar-refractivity contribution in [1.29, 1.82) is 0 Å². The van der Waals surface area contributed by atoms with E-state index in [9.17, 15) is 18.0 Å². The van der Waals surface area contributed by atoms with E-state index in [2.05, 4.69) is 0 Å². The minimum atomic E-state index is -4.42. The summed E-state index contributed by atoms with van der Waals surface area (Å²) in [4.78, 5) is 12.1. The molecular weight excluding hydrogens is 351 g/mol. The number of alkyl halides is 3. The smallest absolute Gasteiger partial charge is 0.369 e. The number of hydrogen-bond acceptors (Lipinski definition) is 1. The lowest BCUT2D eigenvalue weighted by Crippen LogP contribution is -2.29. The first-order valence-electron chi connectivity index (χ1n) is 8.70. The highest BCUT2D eigenvalue weighted by Crippen LogP contribution is 2.34. The molecule has 2 atom stereocenters. The van der Waals surface area contributed by atoms with E-state index >= 15 is 0 Å². The summed E-state index contributed by atoms with van der Waals surface area (Å²) in [5, 5.41) is 2.06. The molecule has 3 rings (SSSR count). The minimum Gasteiger partial charge on any atom is -0.369 e. The summed E-state index contributed by atoms with van der Waals surface area (Å²) in [6.07, 6.45) is -4.26. The normalized spacial score (nSPS) is 14.1. The number of rotatable bonds is 5. The second-order valence-electron chi connectivity index (χ2n) is 6.77. The van der Waals surface area contributed by atoms with Crippen molar-refractivity contribution < 1.29 is 18.0 Å². The average Bonchev–Trinajstić information content (AvgIpc) is 2.64. The number of nitrogens with two attached hydrogens (primary N) is 1. The molecular formula is C22H20F3NO. The molecule has 0 aliphatic rings. The molecule has 0 aliphatic carbocycles. The molecule has 0 aromatic heterocycles. The van der Waals surface area contributed by atoms with Crippen molar-refractivity contribution in [3.63, 3.8) is 0 Å². The Morgan fingerprint density at radius 2 is 1.67 bits per heavy atom. The number of hydrogen-bond donors (Lipinski definition) is 1. The SMILES string of the molecule is CC(c1cccc2ccccc12)C(Cc1cccc(C(F)(F)F)c1)C(N)=O. The molecule has 1 amide bonds. The van der Waals surface area contributed by atoms with Gasteiger partial charge in [0.2, 0.25) is 5.91 Å². The third-order valence-corrected chi connectivity index (χ3v) is 4.99. The molecule has 0 radical (unpaired) electrons. The van der Waals surface area contributed by atoms with Crippen LogP contribution in [0.2, 0.25) is 0 Å². The van der Waals surface area contributed by atoms with Gasteiger partial charge in [-0.25, -0.2) is 0 Å². The van der Waals surface area contributed by atoms with Gasteiger partial charge in [-0.1, -0.05) is 67.6 Å². The summed E-state index contributed by atoms with van der Waals surface area (Å²) in [6.45, 7) is 1.89. The van der Waals surface area contributed by atoms with Crippen LogP contribution in [0, 0.1) is 5.92 Å². The lowest BCUT2D eigenvalue weighted by Gasteiger charge is -2.23. The number of carbonyl (C=O) groups is 1. The van der Waals surface area contributed by atoms with Gasteiger partial charge in [-0.3, -0.25) is 4.79 Å². The van der Waals surface area contributed by atoms with Crippen molar-refractivity contribution in [2.75, 3.05) is 0 Å². The van der Waals surface area contributed by atoms with Crippen LogP contribution in [0.1, 0.15) is 29.5 Å². The van der Waals surface area contributed by atoms with Crippen LogP contribution in [0.25, 0.3) is 10.8 Å². The summed E-state index contributed by atoms with van der Waals surface area (Å²) in [7, 11) is 0. The molecule has 3 aromatic carbocycles. The van der Waals surface area contributed by atoms with Gasteiger partial charge in [0.1, 0.15) is 0 Å². The molecule has 0 fully saturated rings. The number of fused-ring (bicyclic) bond motifs is 1. The van der Waals surface area contributed by atoms with E-state index < -0.39 is 23.6 Å². The Hall–Kier alpha value is -2.82. The fourth-order valence-electron chi connectivity index (χ4n) is 3.52. The van der Waals surface area contributed by atoms with Crippen LogP contribution in [-0.4, -0.2) is 5.91 Å². The van der Waals surface area contributed by atoms with Crippen molar-refractivity contribution in [3.8, 4) is 0 Å². The molecule has 2 nitrogen and oxygen atoms in total. The van der Waals surface area contributed by atoms with Gasteiger partial charge in [-0.05, 0) is 40.3 Å². The third-order valence-electron chi connectivity index (χ3n) is 4.99. The largest absolute Gasteiger partial charge is 0.416 e. The monoisotopic (exact) mass is 371 g/mol. The first kappa shape index (κ1) is 19.0. The Bertz CT molecular complexity index is 960. The van der Waals surface area contributed by atoms with Gasteiger partial charge in [0.15, 0.2) is 0 Å². The van der Waals surface area contributed by atoms with E-state index in [0.717, 1.165) is 28.5 Å². The van der Waals surface area contributed by atoms with Gasteiger partial charge >= 0.3 is 6.18 Å². The maximum atomic E-state index is 13.0. The first-order valence-corrected chi connectivity index (χ1v) is 8.70. The van der Waals surface area contributed by atoms with Crippen LogP contribution in [0.4, 0.5) is 13.2 Å². The van der Waals surface area contributed by atoms with Crippen molar-refractivity contribution in [3.05, 3.63) is 83.4 Å². The van der Waals surface area contributed by atoms with E-state index in [-0.39, 0.29) is 12.3 Å². The van der Waals surface area contributed by atoms with Crippen molar-refractivity contribution in [2.45, 2.75) is 25.4 Å². The number of halogens is 3. The van der Waals surface area contributed by atoms with Gasteiger partial charge in [-0.15, -0.1) is 0 Å². The Morgan fingerprint density at radius 3 is 2.37 bits per heavy atom. The number of benzene rings is 3. The molecule has 2 N–H and O–H groups in total. The zero-order valence-electron chi connectivity index (χ0n) is 14.8. The van der Waals surface area contributed by atoms with Crippen molar-refractivity contribution >= 4 is 16.7 Å². The molecule has 0 saturated heterocycles. The summed E-state index contributed by atoms with van der Waals surface area (Å²) >= 11 is 0. The topological polar surface area (TPSA) is 43.1 Å². The third kappa shape index (κ3) is 4.13. The molecule has 140 valence electrons. The highest BCUT2D eigenvalue weighted by Gasteiger charge is 2.31. The van der Waals surface area contributed by atoms with Gasteiger partial charge in [-0.2, -0.15) is 13.2 Å². The van der Waals surface area contributed by atoms with E-state index in [4.69, 9.17) is 5.73 Å². The second-order valence-corrected chi connectivity index (χ2v) is 6.77. The Kier molecular flexibility index (Phi) is 5.22. The lowest BCUT2D eigenvalue weighted by atomic mass is 9.81. The van der Waals surface area contributed by atoms with Crippen molar-refractivity contribution in [2.24, 2.45) is 11.7 Å². The van der Waals surface area contributed by atoms with Crippen LogP contribution in [-0.2, 0) is 17.4 Å². The van der Waals surface area contributed by atoms with E-state index in [1.807, 2.05) is 49.4 Å². The Labute approximate surface area is 155 Å². The van der Waals surface area contributed by atoms with Crippen LogP contribution in [0.5, 0.6) is 0 Å². The lowest BCUT2D eigenvalue weighted by molar-refractivity contribution is -0.137. The quantitative estimate of drug-likeness (QED) is 0.649. The predicted molar refractivity (Wildman–Crippen MR) is 100 cm³/mol. The molecule has 0 heterocycles. The molecule has 0 bridgehead atoms. The summed E-state index contributed by atoms with van der Waals surface area (Å²) in [5.41, 5.74) is 6.32. The van der Waals surface area contributed by atoms with Gasteiger partial charge in [0, 0.05) is 5.92 Å². The van der Waals surface area contributed by atoms with E-state index in [1.165, 1.54) is 6.07 Å². The molecule has 0 spiro atoms. The van der Waals surface area contributed by atoms with E-state index in [0.29, 0.717) is 5.56 Å². The maximum Gasteiger partial charge on any atom is 0.416 e. The molecule has 5 heteroatoms. The number of amides is 1. The Balaban J connectivity index is 1.95. The maximum absolute atomic E-state index is 13.0. The fraction of sp³-hybridized carbons (Fsp3) is 0.227. The highest BCUT2D eigenvalue weighted by atomic mass is 19.4. The van der Waals surface area contributed by atoms with Crippen molar-refractivity contribution in [1.82, 2.24) is 0 Å². The van der Waals surface area contributed by atoms with Crippen LogP contribution in [0.15, 0.2) is 66.7 Å². The average molecular weight is 371 g/mol. The number of primary amides is 1. The standard InChI is InChI=1S/C22H20F3NO/c1-14(18-11-5-8-16-7-2-3-10-19(16)18)20(21(26)27)13-15-6-4-9-17(12-15)22(23,24)25/h2-12,14,20H,13H2,1H3,(H2,26,27). The minimum absolute atomic E-state index is 0.156. The predicted octanol–water partition coefficient (Wildman–Crippen LogP) is 5.31. The van der Waals surface area contributed by atoms with Crippen LogP contribution in [0.3, 0.4) is 0 Å². The summed E-state index contributed by atoms with van der Waals surface area (Å²) in [6, 6.07) is 18.7. The van der Waals surface area contributed by atoms with Gasteiger partial charge in [0.25, 0.3) is 0 Å². The molecule has 2 unspecified atom stereocenters. The van der Waals surface area contributed by atoms with Crippen LogP contribution >= 0.6 is 0 Å². The first-order chi connectivity index (χ1) is 12.8. The molecule has 0 aliphatic heterocycles. The van der Waals surface area contributed by atoms with Crippen LogP contribution < -0.4 is 5.73 Å². The molecule has 3 aromatic rings. The molecule has 27 heavy (non-hydrogen) atoms. The second kappa shape index (κ2) is 7.43. The van der Waals surface area contributed by atoms with Gasteiger partial charge in [0.05, 0.1) is 5.56 Å². The summed E-state index contributed by atoms with van der Waals surface area (Å²) in [5.74, 6) is -1.37. The zero-order chi connectivity index (χ0) is 19.6. The Morgan fingerprint density at radius 1 is 1.00 bits per heavy atom. The van der Waals surface area contributed by atoms with Gasteiger partial charge < -0.3 is 5.73 Å². The molecule has 0 saturated carbocycles. The fourth-order valence-corrected chi connectivity index (χ4v) is 3.52. The number of carbonyl (C=O) groups excluding carboxylic acids is 1. The highest BCUT2D eigenvalue weighted by molar-refractivity contribution is 5.87. The van der Waals surface area contributed by atoms with E-state index in [1.54, 1.807) is 6.07 Å². The zero-order valence-corrected chi connectivity index (χ0v) is 14.8. The summed E-state index contributed by atoms with van der Waals surface area (Å²) < 4.78 is 38.9.